The molecule has 4 rings (SSSR count). The fraction of sp³-hybridized carbons (Fsp3) is 0.387. The van der Waals surface area contributed by atoms with Crippen LogP contribution in [0, 0.1) is 0 Å². The minimum Gasteiger partial charge on any atom is -0.352 e. The van der Waals surface area contributed by atoms with Gasteiger partial charge in [0.15, 0.2) is 0 Å². The number of rotatable bonds is 11. The Morgan fingerprint density at radius 3 is 2.46 bits per heavy atom. The first-order valence-electron chi connectivity index (χ1n) is 13.0. The zero-order valence-electron chi connectivity index (χ0n) is 21.1. The molecule has 3 aromatic rings. The summed E-state index contributed by atoms with van der Waals surface area (Å²) in [5, 5.41) is 3.11. The average Bonchev–Trinajstić information content (AvgIpc) is 2.92. The maximum Gasteiger partial charge on any atom is 0.251 e. The summed E-state index contributed by atoms with van der Waals surface area (Å²) in [7, 11) is 0. The number of amides is 1. The smallest absolute Gasteiger partial charge is 0.251 e. The predicted octanol–water partition coefficient (Wildman–Crippen LogP) is 6.86. The molecule has 0 spiro atoms. The number of carbonyl (C=O) groups excluding carboxylic acids is 1. The first-order chi connectivity index (χ1) is 17.2. The zero-order valence-corrected chi connectivity index (χ0v) is 21.9. The fourth-order valence-corrected chi connectivity index (χ4v) is 5.57. The van der Waals surface area contributed by atoms with E-state index in [1.165, 1.54) is 41.7 Å². The van der Waals surface area contributed by atoms with Crippen molar-refractivity contribution in [2.24, 2.45) is 0 Å². The van der Waals surface area contributed by atoms with Gasteiger partial charge in [-0.15, -0.1) is 11.8 Å². The van der Waals surface area contributed by atoms with E-state index in [1.807, 2.05) is 54.2 Å². The van der Waals surface area contributed by atoms with E-state index in [1.54, 1.807) is 5.56 Å². The van der Waals surface area contributed by atoms with Crippen LogP contribution in [-0.4, -0.2) is 42.7 Å². The van der Waals surface area contributed by atoms with Gasteiger partial charge in [0.25, 0.3) is 5.91 Å². The van der Waals surface area contributed by atoms with E-state index in [2.05, 4.69) is 53.7 Å². The van der Waals surface area contributed by atoms with Crippen LogP contribution in [0.2, 0.25) is 0 Å². The largest absolute Gasteiger partial charge is 0.352 e. The molecule has 35 heavy (non-hydrogen) atoms. The number of benzene rings is 3. The molecule has 0 aromatic heterocycles. The van der Waals surface area contributed by atoms with Gasteiger partial charge in [-0.05, 0) is 104 Å². The molecule has 0 fully saturated rings. The van der Waals surface area contributed by atoms with Gasteiger partial charge in [-0.1, -0.05) is 55.5 Å². The minimum absolute atomic E-state index is 0.0172. The van der Waals surface area contributed by atoms with E-state index in [0.29, 0.717) is 6.04 Å². The van der Waals surface area contributed by atoms with Crippen molar-refractivity contribution in [3.8, 4) is 11.1 Å². The highest BCUT2D eigenvalue weighted by atomic mass is 32.2. The summed E-state index contributed by atoms with van der Waals surface area (Å²) in [5.74, 6) is 0.0172. The second kappa shape index (κ2) is 12.9. The highest BCUT2D eigenvalue weighted by Crippen LogP contribution is 2.28. The van der Waals surface area contributed by atoms with Gasteiger partial charge >= 0.3 is 0 Å². The lowest BCUT2D eigenvalue weighted by Gasteiger charge is -2.35. The Morgan fingerprint density at radius 1 is 0.943 bits per heavy atom. The van der Waals surface area contributed by atoms with Crippen LogP contribution in [0.15, 0.2) is 77.7 Å². The lowest BCUT2D eigenvalue weighted by molar-refractivity contribution is 0.0952. The van der Waals surface area contributed by atoms with E-state index >= 15 is 0 Å². The molecule has 0 saturated heterocycles. The van der Waals surface area contributed by atoms with Gasteiger partial charge in [-0.25, -0.2) is 0 Å². The number of nitrogens with one attached hydrogen (secondary N) is 1. The summed E-state index contributed by atoms with van der Waals surface area (Å²) < 4.78 is 0. The Labute approximate surface area is 215 Å². The lowest BCUT2D eigenvalue weighted by atomic mass is 9.87. The summed E-state index contributed by atoms with van der Waals surface area (Å²) in [6, 6.07) is 25.8. The van der Waals surface area contributed by atoms with E-state index in [4.69, 9.17) is 0 Å². The maximum absolute atomic E-state index is 12.6. The normalized spacial score (nSPS) is 15.1. The van der Waals surface area contributed by atoms with Crippen LogP contribution in [0.1, 0.15) is 54.1 Å². The van der Waals surface area contributed by atoms with E-state index in [-0.39, 0.29) is 5.91 Å². The summed E-state index contributed by atoms with van der Waals surface area (Å²) in [5.41, 5.74) is 6.10. The first kappa shape index (κ1) is 25.5. The number of fused-ring (bicyclic) bond motifs is 1. The maximum atomic E-state index is 12.6. The number of hydrogen-bond acceptors (Lipinski definition) is 3. The molecule has 3 aromatic carbocycles. The molecule has 1 atom stereocenters. The number of nitrogens with zero attached hydrogens (tertiary/aromatic N) is 1. The van der Waals surface area contributed by atoms with Crippen molar-refractivity contribution in [1.82, 2.24) is 10.2 Å². The number of hydrogen-bond donors (Lipinski definition) is 1. The molecular formula is C31H38N2OS. The summed E-state index contributed by atoms with van der Waals surface area (Å²) in [6.07, 6.45) is 9.06. The molecule has 1 N–H and O–H groups in total. The Balaban J connectivity index is 1.21. The number of unbranched alkanes of at least 4 members (excludes halogenated alkanes) is 1. The Bertz CT molecular complexity index is 1080. The van der Waals surface area contributed by atoms with Crippen LogP contribution >= 0.6 is 11.8 Å². The summed E-state index contributed by atoms with van der Waals surface area (Å²) >= 11 is 1.83. The highest BCUT2D eigenvalue weighted by molar-refractivity contribution is 7.98. The van der Waals surface area contributed by atoms with Gasteiger partial charge in [0, 0.05) is 23.0 Å². The topological polar surface area (TPSA) is 32.3 Å². The highest BCUT2D eigenvalue weighted by Gasteiger charge is 2.23. The SMILES string of the molecule is CCCN(CCCCNC(=O)c1ccc(-c2ccccc2)cc1)[C@@H]1CCc2cc(SC)ccc2C1. The first-order valence-corrected chi connectivity index (χ1v) is 14.2. The zero-order chi connectivity index (χ0) is 24.5. The van der Waals surface area contributed by atoms with Gasteiger partial charge in [0.05, 0.1) is 0 Å². The molecule has 0 aliphatic heterocycles. The van der Waals surface area contributed by atoms with Crippen molar-refractivity contribution >= 4 is 17.7 Å². The lowest BCUT2D eigenvalue weighted by Crippen LogP contribution is -2.40. The molecule has 184 valence electrons. The standard InChI is InChI=1S/C31H38N2OS/c1-3-20-33(29-17-15-28-23-30(35-2)18-16-27(28)22-29)21-8-7-19-32-31(34)26-13-11-25(12-14-26)24-9-5-4-6-10-24/h4-6,9-14,16,18,23,29H,3,7-8,15,17,19-22H2,1-2H3,(H,32,34)/t29-/m1/s1. The molecule has 3 nitrogen and oxygen atoms in total. The molecule has 0 bridgehead atoms. The molecule has 0 radical (unpaired) electrons. The summed E-state index contributed by atoms with van der Waals surface area (Å²) in [4.78, 5) is 16.6. The number of thioether (sulfide) groups is 1. The third kappa shape index (κ3) is 6.99. The van der Waals surface area contributed by atoms with Gasteiger partial charge < -0.3 is 10.2 Å². The molecular weight excluding hydrogens is 448 g/mol. The van der Waals surface area contributed by atoms with E-state index < -0.39 is 0 Å². The monoisotopic (exact) mass is 486 g/mol. The van der Waals surface area contributed by atoms with Gasteiger partial charge in [-0.3, -0.25) is 4.79 Å². The molecule has 1 amide bonds. The molecule has 0 saturated carbocycles. The van der Waals surface area contributed by atoms with Crippen molar-refractivity contribution in [3.05, 3.63) is 89.5 Å². The van der Waals surface area contributed by atoms with Crippen molar-refractivity contribution in [1.29, 1.82) is 0 Å². The fourth-order valence-electron chi connectivity index (χ4n) is 5.10. The third-order valence-electron chi connectivity index (χ3n) is 7.05. The number of aryl methyl sites for hydroxylation is 1. The average molecular weight is 487 g/mol. The van der Waals surface area contributed by atoms with E-state index in [0.717, 1.165) is 43.6 Å². The minimum atomic E-state index is 0.0172. The Kier molecular flexibility index (Phi) is 9.44. The third-order valence-corrected chi connectivity index (χ3v) is 7.78. The van der Waals surface area contributed by atoms with Crippen LogP contribution in [0.3, 0.4) is 0 Å². The van der Waals surface area contributed by atoms with E-state index in [9.17, 15) is 4.79 Å². The molecule has 0 heterocycles. The van der Waals surface area contributed by atoms with Crippen LogP contribution < -0.4 is 5.32 Å². The van der Waals surface area contributed by atoms with Crippen LogP contribution in [0.4, 0.5) is 0 Å². The van der Waals surface area contributed by atoms with Crippen LogP contribution in [0.25, 0.3) is 11.1 Å². The Morgan fingerprint density at radius 2 is 1.71 bits per heavy atom. The molecule has 1 aliphatic carbocycles. The number of carbonyl (C=O) groups is 1. The summed E-state index contributed by atoms with van der Waals surface area (Å²) in [6.45, 7) is 5.27. The van der Waals surface area contributed by atoms with Gasteiger partial charge in [0.2, 0.25) is 0 Å². The van der Waals surface area contributed by atoms with Crippen LogP contribution in [0.5, 0.6) is 0 Å². The van der Waals surface area contributed by atoms with Crippen molar-refractivity contribution in [2.75, 3.05) is 25.9 Å². The van der Waals surface area contributed by atoms with Gasteiger partial charge in [-0.2, -0.15) is 0 Å². The van der Waals surface area contributed by atoms with Gasteiger partial charge in [0.1, 0.15) is 0 Å². The second-order valence-electron chi connectivity index (χ2n) is 9.47. The second-order valence-corrected chi connectivity index (χ2v) is 10.4. The Hall–Kier alpha value is -2.56. The molecule has 4 heteroatoms. The quantitative estimate of drug-likeness (QED) is 0.237. The predicted molar refractivity (Wildman–Crippen MR) is 149 cm³/mol. The van der Waals surface area contributed by atoms with Crippen molar-refractivity contribution in [3.63, 3.8) is 0 Å². The molecule has 1 aliphatic rings. The van der Waals surface area contributed by atoms with Crippen molar-refractivity contribution in [2.45, 2.75) is 56.4 Å². The van der Waals surface area contributed by atoms with Crippen molar-refractivity contribution < 1.29 is 4.79 Å². The molecule has 0 unspecified atom stereocenters. The van der Waals surface area contributed by atoms with Crippen LogP contribution in [-0.2, 0) is 12.8 Å².